The van der Waals surface area contributed by atoms with Gasteiger partial charge in [-0.05, 0) is 36.4 Å². The van der Waals surface area contributed by atoms with Gasteiger partial charge in [-0.1, -0.05) is 66.7 Å². The number of nitrogens with zero attached hydrogens (tertiary/aromatic N) is 2. The minimum absolute atomic E-state index is 0.0479. The number of carbonyl (C=O) groups excluding carboxylic acids is 3. The summed E-state index contributed by atoms with van der Waals surface area (Å²) in [7, 11) is 1.36. The highest BCUT2D eigenvalue weighted by atomic mass is 16.5. The van der Waals surface area contributed by atoms with Gasteiger partial charge in [-0.25, -0.2) is 4.79 Å². The molecule has 0 spiro atoms. The Labute approximate surface area is 193 Å². The molecule has 0 saturated heterocycles. The first-order valence-corrected chi connectivity index (χ1v) is 10.6. The maximum Gasteiger partial charge on any atom is 0.328 e. The van der Waals surface area contributed by atoms with Crippen LogP contribution in [-0.4, -0.2) is 47.8 Å². The van der Waals surface area contributed by atoms with Gasteiger partial charge in [-0.15, -0.1) is 0 Å². The summed E-state index contributed by atoms with van der Waals surface area (Å²) in [6, 6.07) is 19.1. The molecule has 0 aromatic heterocycles. The Morgan fingerprint density at radius 3 is 2.12 bits per heavy atom. The summed E-state index contributed by atoms with van der Waals surface area (Å²) < 4.78 is 5.08. The highest BCUT2D eigenvalue weighted by Gasteiger charge is 2.28. The van der Waals surface area contributed by atoms with Crippen LogP contribution in [0, 0.1) is 5.92 Å². The average molecular weight is 447 g/mol. The minimum Gasteiger partial charge on any atom is -0.860 e. The molecule has 3 rings (SSSR count). The van der Waals surface area contributed by atoms with Gasteiger partial charge in [0, 0.05) is 25.1 Å². The molecule has 0 aliphatic carbocycles. The van der Waals surface area contributed by atoms with E-state index >= 15 is 0 Å². The van der Waals surface area contributed by atoms with Gasteiger partial charge in [-0.3, -0.25) is 14.5 Å². The molecule has 171 valence electrons. The van der Waals surface area contributed by atoms with Crippen LogP contribution in [0.1, 0.15) is 30.9 Å². The number of benzene rings is 2. The maximum atomic E-state index is 12.7. The number of amides is 2. The van der Waals surface area contributed by atoms with Crippen molar-refractivity contribution in [1.29, 1.82) is 0 Å². The van der Waals surface area contributed by atoms with E-state index in [4.69, 9.17) is 4.74 Å². The highest BCUT2D eigenvalue weighted by molar-refractivity contribution is 5.85. The lowest BCUT2D eigenvalue weighted by Crippen LogP contribution is -2.48. The van der Waals surface area contributed by atoms with Crippen LogP contribution in [0.3, 0.4) is 0 Å². The molecule has 0 bridgehead atoms. The third kappa shape index (κ3) is 6.32. The van der Waals surface area contributed by atoms with Gasteiger partial charge >= 0.3 is 12.0 Å². The van der Waals surface area contributed by atoms with Gasteiger partial charge in [0.15, 0.2) is 0 Å². The van der Waals surface area contributed by atoms with E-state index in [2.05, 4.69) is 0 Å². The zero-order chi connectivity index (χ0) is 23.8. The molecule has 2 aromatic rings. The molecular formula is C26H26N2O5-. The second-order valence-corrected chi connectivity index (χ2v) is 7.63. The molecule has 0 saturated carbocycles. The summed E-state index contributed by atoms with van der Waals surface area (Å²) in [6.45, 7) is 1.00. The number of carbonyl (C=O) groups is 3. The third-order valence-electron chi connectivity index (χ3n) is 5.20. The second kappa shape index (κ2) is 11.1. The Morgan fingerprint density at radius 2 is 1.58 bits per heavy atom. The van der Waals surface area contributed by atoms with Crippen molar-refractivity contribution >= 4 is 17.8 Å². The van der Waals surface area contributed by atoms with E-state index in [1.165, 1.54) is 24.9 Å². The largest absolute Gasteiger partial charge is 0.860 e. The molecule has 0 fully saturated rings. The van der Waals surface area contributed by atoms with Gasteiger partial charge in [0.25, 0.3) is 0 Å². The lowest BCUT2D eigenvalue weighted by Gasteiger charge is -2.37. The molecule has 1 heterocycles. The Kier molecular flexibility index (Phi) is 8.02. The van der Waals surface area contributed by atoms with Crippen molar-refractivity contribution in [2.75, 3.05) is 20.2 Å². The summed E-state index contributed by atoms with van der Waals surface area (Å²) in [5, 5.41) is 12.3. The molecule has 1 aliphatic rings. The predicted octanol–water partition coefficient (Wildman–Crippen LogP) is 3.02. The number of hydrogen-bond donors (Lipinski definition) is 0. The van der Waals surface area contributed by atoms with Crippen molar-refractivity contribution in [3.05, 3.63) is 101 Å². The average Bonchev–Trinajstić information content (AvgIpc) is 2.81. The number of rotatable bonds is 9. The number of urea groups is 1. The molecule has 33 heavy (non-hydrogen) atoms. The normalized spacial score (nSPS) is 15.1. The number of esters is 1. The van der Waals surface area contributed by atoms with Crippen molar-refractivity contribution < 1.29 is 24.2 Å². The second-order valence-electron chi connectivity index (χ2n) is 7.63. The molecule has 7 nitrogen and oxygen atoms in total. The van der Waals surface area contributed by atoms with Crippen LogP contribution in [0.25, 0.3) is 0 Å². The highest BCUT2D eigenvalue weighted by Crippen LogP contribution is 2.29. The fraction of sp³-hybridized carbons (Fsp3) is 0.231. The summed E-state index contributed by atoms with van der Waals surface area (Å²) in [5.41, 5.74) is 2.36. The molecule has 7 heteroatoms. The van der Waals surface area contributed by atoms with Crippen molar-refractivity contribution in [1.82, 2.24) is 9.80 Å². The van der Waals surface area contributed by atoms with E-state index < -0.39 is 17.9 Å². The Hall–Kier alpha value is -3.87. The van der Waals surface area contributed by atoms with Crippen LogP contribution in [0.2, 0.25) is 0 Å². The fourth-order valence-electron chi connectivity index (χ4n) is 3.39. The Morgan fingerprint density at radius 1 is 1.00 bits per heavy atom. The first-order valence-electron chi connectivity index (χ1n) is 10.6. The monoisotopic (exact) mass is 446 g/mol. The van der Waals surface area contributed by atoms with Crippen LogP contribution in [0.4, 0.5) is 4.79 Å². The van der Waals surface area contributed by atoms with E-state index in [1.54, 1.807) is 6.08 Å². The number of hydrogen-bond acceptors (Lipinski definition) is 5. The van der Waals surface area contributed by atoms with Gasteiger partial charge < -0.3 is 14.7 Å². The fourth-order valence-corrected chi connectivity index (χ4v) is 3.39. The molecule has 1 aliphatic heterocycles. The van der Waals surface area contributed by atoms with Crippen LogP contribution in [0.15, 0.2) is 84.4 Å². The van der Waals surface area contributed by atoms with E-state index in [9.17, 15) is 19.5 Å². The van der Waals surface area contributed by atoms with E-state index in [1.807, 2.05) is 60.7 Å². The standard InChI is InChI=1S/C26H27N2O5/c1-19(29)15-16-33-25(31)18-28-22(17-24(30)27(2)26(28)32)13-14-23(20-9-5-3-6-10-20)21-11-7-4-8-12-21/h3-13,17,30H,14-16,18H2,1-2H3/p-1/b22-13+. The number of allylic oxidation sites excluding steroid dienone is 2. The number of Topliss-reactive ketones (excluding diaryl/α,β-unsaturated/α-hetero) is 1. The van der Waals surface area contributed by atoms with Crippen molar-refractivity contribution in [2.24, 2.45) is 0 Å². The predicted molar refractivity (Wildman–Crippen MR) is 121 cm³/mol. The van der Waals surface area contributed by atoms with Crippen molar-refractivity contribution in [3.63, 3.8) is 0 Å². The van der Waals surface area contributed by atoms with Gasteiger partial charge in [0.2, 0.25) is 0 Å². The molecule has 1 radical (unpaired) electrons. The zero-order valence-corrected chi connectivity index (χ0v) is 18.7. The SMILES string of the molecule is CC(=O)CCOC(=O)CN1C(=O)N(C)C([O-])=C/C1=C\C[C](c1ccccc1)c1ccccc1. The summed E-state index contributed by atoms with van der Waals surface area (Å²) in [4.78, 5) is 38.2. The van der Waals surface area contributed by atoms with Crippen LogP contribution >= 0.6 is 0 Å². The van der Waals surface area contributed by atoms with E-state index in [0.717, 1.165) is 21.9 Å². The Bertz CT molecular complexity index is 1010. The van der Waals surface area contributed by atoms with E-state index in [0.29, 0.717) is 12.1 Å². The van der Waals surface area contributed by atoms with Crippen LogP contribution in [-0.2, 0) is 14.3 Å². The lowest BCUT2D eigenvalue weighted by molar-refractivity contribution is -0.327. The molecule has 0 atom stereocenters. The number of ether oxygens (including phenoxy) is 1. The molecule has 2 amide bonds. The summed E-state index contributed by atoms with van der Waals surface area (Å²) >= 11 is 0. The molecule has 2 aromatic carbocycles. The van der Waals surface area contributed by atoms with Crippen LogP contribution in [0.5, 0.6) is 0 Å². The molecule has 0 unspecified atom stereocenters. The first kappa shape index (κ1) is 23.8. The van der Waals surface area contributed by atoms with Gasteiger partial charge in [0.05, 0.1) is 6.61 Å². The maximum absolute atomic E-state index is 12.7. The van der Waals surface area contributed by atoms with Gasteiger partial charge in [-0.2, -0.15) is 0 Å². The molecule has 0 N–H and O–H groups in total. The van der Waals surface area contributed by atoms with E-state index in [-0.39, 0.29) is 25.4 Å². The first-order chi connectivity index (χ1) is 15.9. The van der Waals surface area contributed by atoms with Crippen molar-refractivity contribution in [3.8, 4) is 0 Å². The van der Waals surface area contributed by atoms with Crippen molar-refractivity contribution in [2.45, 2.75) is 19.8 Å². The smallest absolute Gasteiger partial charge is 0.328 e. The topological polar surface area (TPSA) is 90.0 Å². The summed E-state index contributed by atoms with van der Waals surface area (Å²) in [6.07, 6.45) is 3.64. The Balaban J connectivity index is 1.85. The quantitative estimate of drug-likeness (QED) is 0.553. The third-order valence-corrected chi connectivity index (χ3v) is 5.20. The molecular weight excluding hydrogens is 420 g/mol. The van der Waals surface area contributed by atoms with Gasteiger partial charge in [0.1, 0.15) is 12.3 Å². The summed E-state index contributed by atoms with van der Waals surface area (Å²) in [5.74, 6) is -0.198. The zero-order valence-electron chi connectivity index (χ0n) is 18.7. The van der Waals surface area contributed by atoms with Crippen LogP contribution < -0.4 is 5.11 Å². The minimum atomic E-state index is -0.651. The number of ketones is 1. The lowest BCUT2D eigenvalue weighted by atomic mass is 9.88.